The Balaban J connectivity index is 2.71. The molecule has 0 saturated carbocycles. The van der Waals surface area contributed by atoms with Crippen molar-refractivity contribution >= 4 is 10.9 Å². The smallest absolute Gasteiger partial charge is 0.139 e. The molecule has 0 saturated heterocycles. The highest BCUT2D eigenvalue weighted by atomic mass is 16.5. The van der Waals surface area contributed by atoms with Crippen LogP contribution in [0.5, 0.6) is 5.75 Å². The van der Waals surface area contributed by atoms with Gasteiger partial charge in [0.1, 0.15) is 5.75 Å². The summed E-state index contributed by atoms with van der Waals surface area (Å²) in [7, 11) is 1.68. The number of para-hydroxylation sites is 1. The van der Waals surface area contributed by atoms with E-state index in [1.807, 2.05) is 12.1 Å². The van der Waals surface area contributed by atoms with Gasteiger partial charge in [-0.05, 0) is 19.9 Å². The summed E-state index contributed by atoms with van der Waals surface area (Å²) in [6.07, 6.45) is 2.05. The van der Waals surface area contributed by atoms with Gasteiger partial charge in [-0.3, -0.25) is 0 Å². The maximum absolute atomic E-state index is 9.92. The summed E-state index contributed by atoms with van der Waals surface area (Å²) in [5, 5.41) is 11.0. The van der Waals surface area contributed by atoms with Crippen molar-refractivity contribution in [1.82, 2.24) is 4.57 Å². The van der Waals surface area contributed by atoms with Gasteiger partial charge in [-0.2, -0.15) is 0 Å². The summed E-state index contributed by atoms with van der Waals surface area (Å²) in [6, 6.07) is 5.92. The van der Waals surface area contributed by atoms with Crippen LogP contribution in [0.1, 0.15) is 25.5 Å². The zero-order valence-corrected chi connectivity index (χ0v) is 9.90. The molecule has 1 heterocycles. The Morgan fingerprint density at radius 1 is 1.38 bits per heavy atom. The number of hydrogen-bond donors (Lipinski definition) is 1. The Kier molecular flexibility index (Phi) is 2.88. The maximum Gasteiger partial charge on any atom is 0.139 e. The van der Waals surface area contributed by atoms with E-state index < -0.39 is 0 Å². The zero-order chi connectivity index (χ0) is 11.7. The van der Waals surface area contributed by atoms with Crippen molar-refractivity contribution in [2.24, 2.45) is 0 Å². The van der Waals surface area contributed by atoms with Gasteiger partial charge in [0.15, 0.2) is 0 Å². The average molecular weight is 219 g/mol. The molecule has 86 valence electrons. The summed E-state index contributed by atoms with van der Waals surface area (Å²) in [4.78, 5) is 0. The van der Waals surface area contributed by atoms with E-state index in [0.29, 0.717) is 18.4 Å². The maximum atomic E-state index is 9.92. The Morgan fingerprint density at radius 2 is 2.12 bits per heavy atom. The molecule has 0 unspecified atom stereocenters. The van der Waals surface area contributed by atoms with Crippen molar-refractivity contribution in [2.45, 2.75) is 26.5 Å². The molecule has 3 heteroatoms. The van der Waals surface area contributed by atoms with Crippen LogP contribution in [0.15, 0.2) is 24.4 Å². The van der Waals surface area contributed by atoms with E-state index in [1.54, 1.807) is 13.2 Å². The highest BCUT2D eigenvalue weighted by molar-refractivity contribution is 5.88. The molecule has 3 nitrogen and oxygen atoms in total. The minimum absolute atomic E-state index is 0.321. The van der Waals surface area contributed by atoms with Crippen molar-refractivity contribution in [3.8, 4) is 5.75 Å². The second-order valence-corrected chi connectivity index (χ2v) is 4.26. The van der Waals surface area contributed by atoms with Gasteiger partial charge < -0.3 is 14.4 Å². The number of hydrogen-bond acceptors (Lipinski definition) is 2. The molecule has 1 N–H and O–H groups in total. The number of rotatable bonds is 3. The van der Waals surface area contributed by atoms with Gasteiger partial charge in [-0.25, -0.2) is 0 Å². The number of nitrogens with zero attached hydrogens (tertiary/aromatic N) is 1. The number of fused-ring (bicyclic) bond motifs is 1. The first-order valence-electron chi connectivity index (χ1n) is 5.45. The molecule has 0 spiro atoms. The lowest BCUT2D eigenvalue weighted by atomic mass is 10.2. The van der Waals surface area contributed by atoms with Crippen LogP contribution < -0.4 is 0 Å². The molecule has 0 aliphatic heterocycles. The van der Waals surface area contributed by atoms with Crippen molar-refractivity contribution in [3.63, 3.8) is 0 Å². The Hall–Kier alpha value is -1.48. The number of aromatic hydroxyl groups is 1. The molecule has 0 aliphatic rings. The molecule has 0 aliphatic carbocycles. The minimum atomic E-state index is 0.321. The molecule has 0 fully saturated rings. The molecule has 0 amide bonds. The van der Waals surface area contributed by atoms with E-state index in [2.05, 4.69) is 24.6 Å². The molecule has 0 radical (unpaired) electrons. The van der Waals surface area contributed by atoms with E-state index >= 15 is 0 Å². The van der Waals surface area contributed by atoms with Crippen LogP contribution >= 0.6 is 0 Å². The highest BCUT2D eigenvalue weighted by Gasteiger charge is 2.13. The van der Waals surface area contributed by atoms with Crippen LogP contribution in [0.3, 0.4) is 0 Å². The van der Waals surface area contributed by atoms with E-state index in [9.17, 15) is 5.11 Å². The fourth-order valence-corrected chi connectivity index (χ4v) is 2.04. The van der Waals surface area contributed by atoms with Gasteiger partial charge in [0.2, 0.25) is 0 Å². The van der Waals surface area contributed by atoms with Crippen LogP contribution in [-0.2, 0) is 11.3 Å². The number of ether oxygens (including phenoxy) is 1. The minimum Gasteiger partial charge on any atom is -0.506 e. The van der Waals surface area contributed by atoms with Crippen molar-refractivity contribution in [1.29, 1.82) is 0 Å². The third-order valence-corrected chi connectivity index (χ3v) is 2.77. The van der Waals surface area contributed by atoms with E-state index in [0.717, 1.165) is 16.5 Å². The standard InChI is InChI=1S/C13H17NO2/c1-9(2)14-7-10(8-16-3)11-5-4-6-12(15)13(11)14/h4-7,9,15H,8H2,1-3H3. The zero-order valence-electron chi connectivity index (χ0n) is 9.90. The predicted octanol–water partition coefficient (Wildman–Crippen LogP) is 3.07. The first kappa shape index (κ1) is 11.0. The fourth-order valence-electron chi connectivity index (χ4n) is 2.04. The third kappa shape index (κ3) is 1.67. The number of phenols is 1. The van der Waals surface area contributed by atoms with Gasteiger partial charge >= 0.3 is 0 Å². The highest BCUT2D eigenvalue weighted by Crippen LogP contribution is 2.31. The number of benzene rings is 1. The van der Waals surface area contributed by atoms with Crippen LogP contribution in [0.25, 0.3) is 10.9 Å². The van der Waals surface area contributed by atoms with E-state index in [1.165, 1.54) is 0 Å². The monoisotopic (exact) mass is 219 g/mol. The summed E-state index contributed by atoms with van der Waals surface area (Å²) < 4.78 is 7.26. The van der Waals surface area contributed by atoms with Crippen LogP contribution in [0.4, 0.5) is 0 Å². The Labute approximate surface area is 95.3 Å². The fraction of sp³-hybridized carbons (Fsp3) is 0.385. The average Bonchev–Trinajstić information content (AvgIpc) is 2.60. The summed E-state index contributed by atoms with van der Waals surface area (Å²) >= 11 is 0. The molecule has 2 rings (SSSR count). The van der Waals surface area contributed by atoms with Gasteiger partial charge in [0, 0.05) is 30.3 Å². The van der Waals surface area contributed by atoms with Crippen molar-refractivity contribution in [2.75, 3.05) is 7.11 Å². The lowest BCUT2D eigenvalue weighted by Crippen LogP contribution is -1.98. The molecule has 1 aromatic carbocycles. The first-order chi connectivity index (χ1) is 7.65. The van der Waals surface area contributed by atoms with Crippen LogP contribution in [0, 0.1) is 0 Å². The lowest BCUT2D eigenvalue weighted by molar-refractivity contribution is 0.185. The van der Waals surface area contributed by atoms with Gasteiger partial charge in [-0.15, -0.1) is 0 Å². The second-order valence-electron chi connectivity index (χ2n) is 4.26. The van der Waals surface area contributed by atoms with Crippen molar-refractivity contribution < 1.29 is 9.84 Å². The molecule has 2 aromatic rings. The molecule has 0 atom stereocenters. The SMILES string of the molecule is COCc1cn(C(C)C)c2c(O)cccc12. The first-order valence-corrected chi connectivity index (χ1v) is 5.45. The normalized spacial score (nSPS) is 11.5. The van der Waals surface area contributed by atoms with Crippen LogP contribution in [-0.4, -0.2) is 16.8 Å². The molecule has 1 aromatic heterocycles. The quantitative estimate of drug-likeness (QED) is 0.860. The third-order valence-electron chi connectivity index (χ3n) is 2.77. The van der Waals surface area contributed by atoms with Gasteiger partial charge in [0.25, 0.3) is 0 Å². The lowest BCUT2D eigenvalue weighted by Gasteiger charge is -2.09. The predicted molar refractivity (Wildman–Crippen MR) is 64.7 cm³/mol. The summed E-state index contributed by atoms with van der Waals surface area (Å²) in [5.74, 6) is 0.327. The summed E-state index contributed by atoms with van der Waals surface area (Å²) in [6.45, 7) is 4.77. The van der Waals surface area contributed by atoms with Gasteiger partial charge in [-0.1, -0.05) is 12.1 Å². The Morgan fingerprint density at radius 3 is 2.75 bits per heavy atom. The molecular weight excluding hydrogens is 202 g/mol. The number of methoxy groups -OCH3 is 1. The van der Waals surface area contributed by atoms with E-state index in [-0.39, 0.29) is 0 Å². The topological polar surface area (TPSA) is 34.4 Å². The molecule has 16 heavy (non-hydrogen) atoms. The summed E-state index contributed by atoms with van der Waals surface area (Å²) in [5.41, 5.74) is 2.01. The Bertz CT molecular complexity index is 500. The molecular formula is C13H17NO2. The van der Waals surface area contributed by atoms with Crippen molar-refractivity contribution in [3.05, 3.63) is 30.0 Å². The van der Waals surface area contributed by atoms with E-state index in [4.69, 9.17) is 4.74 Å². The molecule has 0 bridgehead atoms. The number of aromatic nitrogens is 1. The second kappa shape index (κ2) is 4.18. The largest absolute Gasteiger partial charge is 0.506 e. The van der Waals surface area contributed by atoms with Gasteiger partial charge in [0.05, 0.1) is 12.1 Å². The number of phenolic OH excluding ortho intramolecular Hbond substituents is 1. The van der Waals surface area contributed by atoms with Crippen LogP contribution in [0.2, 0.25) is 0 Å².